The van der Waals surface area contributed by atoms with Crippen molar-refractivity contribution in [3.63, 3.8) is 0 Å². The predicted molar refractivity (Wildman–Crippen MR) is 102 cm³/mol. The van der Waals surface area contributed by atoms with E-state index in [1.54, 1.807) is 17.4 Å². The van der Waals surface area contributed by atoms with Crippen molar-refractivity contribution < 1.29 is 8.91 Å². The molecule has 0 radical (unpaired) electrons. The van der Waals surface area contributed by atoms with Crippen LogP contribution in [0.3, 0.4) is 0 Å². The second kappa shape index (κ2) is 7.35. The van der Waals surface area contributed by atoms with Gasteiger partial charge in [-0.3, -0.25) is 0 Å². The molecule has 0 spiro atoms. The Kier molecular flexibility index (Phi) is 4.96. The number of fused-ring (bicyclic) bond motifs is 1. The Morgan fingerprint density at radius 1 is 1.28 bits per heavy atom. The molecule has 132 valence electrons. The smallest absolute Gasteiger partial charge is 0.170 e. The first kappa shape index (κ1) is 16.9. The lowest BCUT2D eigenvalue weighted by molar-refractivity contribution is 0.220. The van der Waals surface area contributed by atoms with Crippen molar-refractivity contribution >= 4 is 39.1 Å². The molecule has 0 bridgehead atoms. The van der Waals surface area contributed by atoms with E-state index in [2.05, 4.69) is 16.1 Å². The van der Waals surface area contributed by atoms with Crippen LogP contribution in [-0.4, -0.2) is 35.4 Å². The fraction of sp³-hybridized carbons (Fsp3) is 0.389. The van der Waals surface area contributed by atoms with Gasteiger partial charge in [-0.05, 0) is 50.2 Å². The Balaban J connectivity index is 1.30. The zero-order valence-corrected chi connectivity index (χ0v) is 15.4. The van der Waals surface area contributed by atoms with Crippen LogP contribution in [0.15, 0.2) is 39.1 Å². The number of benzene rings is 1. The largest absolute Gasteiger partial charge is 0.391 e. The molecular formula is C18H20FN3OS2. The van der Waals surface area contributed by atoms with Crippen LogP contribution in [0.5, 0.6) is 0 Å². The van der Waals surface area contributed by atoms with Crippen LogP contribution in [-0.2, 0) is 0 Å². The molecule has 4 rings (SSSR count). The number of halogens is 1. The van der Waals surface area contributed by atoms with E-state index in [9.17, 15) is 4.39 Å². The van der Waals surface area contributed by atoms with Crippen LogP contribution in [0.25, 0.3) is 11.0 Å². The molecule has 1 aliphatic rings. The van der Waals surface area contributed by atoms with Gasteiger partial charge in [-0.2, -0.15) is 0 Å². The quantitative estimate of drug-likeness (QED) is 0.660. The number of nitrogen functional groups attached to an aromatic ring is 1. The molecule has 0 unspecified atom stereocenters. The number of hydrogen-bond acceptors (Lipinski definition) is 6. The van der Waals surface area contributed by atoms with Gasteiger partial charge in [-0.1, -0.05) is 5.16 Å². The Morgan fingerprint density at radius 2 is 2.12 bits per heavy atom. The summed E-state index contributed by atoms with van der Waals surface area (Å²) >= 11 is 3.52. The highest BCUT2D eigenvalue weighted by molar-refractivity contribution is 8.01. The van der Waals surface area contributed by atoms with Crippen LogP contribution in [0.1, 0.15) is 24.5 Å². The topological polar surface area (TPSA) is 55.3 Å². The van der Waals surface area contributed by atoms with E-state index in [0.29, 0.717) is 11.5 Å². The number of thioether (sulfide) groups is 1. The molecule has 3 aromatic rings. The normalized spacial score (nSPS) is 16.7. The molecule has 1 fully saturated rings. The number of likely N-dealkylation sites (tertiary alicyclic amines) is 1. The van der Waals surface area contributed by atoms with Gasteiger partial charge in [0.15, 0.2) is 5.58 Å². The molecular weight excluding hydrogens is 357 g/mol. The summed E-state index contributed by atoms with van der Waals surface area (Å²) in [7, 11) is 0. The monoisotopic (exact) mass is 377 g/mol. The third-order valence-electron chi connectivity index (χ3n) is 4.69. The average Bonchev–Trinajstić information content (AvgIpc) is 3.21. The molecule has 2 N–H and O–H groups in total. The summed E-state index contributed by atoms with van der Waals surface area (Å²) in [5.41, 5.74) is 7.29. The minimum absolute atomic E-state index is 0.282. The zero-order valence-electron chi connectivity index (χ0n) is 13.8. The molecule has 25 heavy (non-hydrogen) atoms. The number of anilines is 1. The molecule has 0 aliphatic carbocycles. The van der Waals surface area contributed by atoms with Gasteiger partial charge in [0.05, 0.1) is 14.9 Å². The van der Waals surface area contributed by atoms with E-state index in [4.69, 9.17) is 10.3 Å². The van der Waals surface area contributed by atoms with Crippen molar-refractivity contribution in [1.29, 1.82) is 0 Å². The van der Waals surface area contributed by atoms with Gasteiger partial charge in [-0.25, -0.2) is 4.39 Å². The predicted octanol–water partition coefficient (Wildman–Crippen LogP) is 4.58. The fourth-order valence-corrected chi connectivity index (χ4v) is 5.34. The number of piperidine rings is 1. The number of hydrogen-bond donors (Lipinski definition) is 1. The van der Waals surface area contributed by atoms with Crippen molar-refractivity contribution in [3.8, 4) is 0 Å². The Morgan fingerprint density at radius 3 is 2.88 bits per heavy atom. The van der Waals surface area contributed by atoms with Gasteiger partial charge < -0.3 is 15.2 Å². The van der Waals surface area contributed by atoms with Gasteiger partial charge >= 0.3 is 0 Å². The highest BCUT2D eigenvalue weighted by Gasteiger charge is 2.25. The molecule has 1 saturated heterocycles. The summed E-state index contributed by atoms with van der Waals surface area (Å²) in [4.78, 5) is 2.50. The third-order valence-corrected chi connectivity index (χ3v) is 6.81. The second-order valence-electron chi connectivity index (χ2n) is 6.33. The summed E-state index contributed by atoms with van der Waals surface area (Å²) in [6, 6.07) is 8.73. The number of aromatic nitrogens is 1. The zero-order chi connectivity index (χ0) is 17.2. The minimum Gasteiger partial charge on any atom is -0.391 e. The van der Waals surface area contributed by atoms with Crippen LogP contribution in [0, 0.1) is 5.82 Å². The Hall–Kier alpha value is -1.57. The van der Waals surface area contributed by atoms with Gasteiger partial charge in [0.1, 0.15) is 5.82 Å². The first-order valence-corrected chi connectivity index (χ1v) is 10.2. The molecule has 1 aromatic carbocycles. The van der Waals surface area contributed by atoms with Gasteiger partial charge in [0.25, 0.3) is 0 Å². The highest BCUT2D eigenvalue weighted by atomic mass is 32.2. The number of nitrogens with zero attached hydrogens (tertiary/aromatic N) is 2. The summed E-state index contributed by atoms with van der Waals surface area (Å²) < 4.78 is 19.9. The average molecular weight is 378 g/mol. The lowest BCUT2D eigenvalue weighted by Crippen LogP contribution is -2.34. The molecule has 0 amide bonds. The second-order valence-corrected chi connectivity index (χ2v) is 8.84. The van der Waals surface area contributed by atoms with Crippen molar-refractivity contribution in [1.82, 2.24) is 10.1 Å². The van der Waals surface area contributed by atoms with Gasteiger partial charge in [-0.15, -0.1) is 23.1 Å². The lowest BCUT2D eigenvalue weighted by Gasteiger charge is -2.30. The lowest BCUT2D eigenvalue weighted by atomic mass is 9.91. The summed E-state index contributed by atoms with van der Waals surface area (Å²) in [5, 5.41) is 6.04. The van der Waals surface area contributed by atoms with E-state index in [1.165, 1.54) is 16.3 Å². The SMILES string of the molecule is Nc1ccc(SCCN2CCC(c3noc4cc(F)ccc34)CC2)s1. The molecule has 7 heteroatoms. The first-order chi connectivity index (χ1) is 12.2. The molecule has 1 aliphatic heterocycles. The van der Waals surface area contributed by atoms with Crippen LogP contribution in [0.2, 0.25) is 0 Å². The van der Waals surface area contributed by atoms with E-state index >= 15 is 0 Å². The summed E-state index contributed by atoms with van der Waals surface area (Å²) in [6.07, 6.45) is 2.13. The maximum absolute atomic E-state index is 13.3. The standard InChI is InChI=1S/C18H20FN3OS2/c19-13-1-2-14-15(11-13)23-21-18(14)12-5-7-22(8-6-12)9-10-24-17-4-3-16(20)25-17/h1-4,11-12H,5-10,20H2. The molecule has 2 aromatic heterocycles. The third kappa shape index (κ3) is 3.83. The van der Waals surface area contributed by atoms with Crippen LogP contribution < -0.4 is 5.73 Å². The Bertz CT molecular complexity index is 855. The molecule has 4 nitrogen and oxygen atoms in total. The fourth-order valence-electron chi connectivity index (χ4n) is 3.34. The highest BCUT2D eigenvalue weighted by Crippen LogP contribution is 2.33. The molecule has 0 saturated carbocycles. The molecule has 0 atom stereocenters. The van der Waals surface area contributed by atoms with E-state index in [0.717, 1.165) is 54.3 Å². The number of rotatable bonds is 5. The van der Waals surface area contributed by atoms with E-state index < -0.39 is 0 Å². The maximum atomic E-state index is 13.3. The van der Waals surface area contributed by atoms with Gasteiger partial charge in [0.2, 0.25) is 0 Å². The van der Waals surface area contributed by atoms with Crippen LogP contribution >= 0.6 is 23.1 Å². The Labute approximate surface area is 154 Å². The molecule has 3 heterocycles. The van der Waals surface area contributed by atoms with E-state index in [-0.39, 0.29) is 5.82 Å². The maximum Gasteiger partial charge on any atom is 0.170 e. The number of thiophene rings is 1. The van der Waals surface area contributed by atoms with Crippen molar-refractivity contribution in [2.75, 3.05) is 31.1 Å². The van der Waals surface area contributed by atoms with E-state index in [1.807, 2.05) is 17.8 Å². The first-order valence-electron chi connectivity index (χ1n) is 8.44. The van der Waals surface area contributed by atoms with Crippen molar-refractivity contribution in [3.05, 3.63) is 41.8 Å². The number of nitrogens with two attached hydrogens (primary N) is 1. The van der Waals surface area contributed by atoms with Gasteiger partial charge in [0, 0.05) is 29.7 Å². The van der Waals surface area contributed by atoms with Crippen molar-refractivity contribution in [2.45, 2.75) is 23.0 Å². The van der Waals surface area contributed by atoms with Crippen molar-refractivity contribution in [2.24, 2.45) is 0 Å². The summed E-state index contributed by atoms with van der Waals surface area (Å²) in [5.74, 6) is 1.19. The van der Waals surface area contributed by atoms with Crippen LogP contribution in [0.4, 0.5) is 9.39 Å². The minimum atomic E-state index is -0.282. The summed E-state index contributed by atoms with van der Waals surface area (Å²) in [6.45, 7) is 3.21.